The van der Waals surface area contributed by atoms with E-state index < -0.39 is 0 Å². The van der Waals surface area contributed by atoms with Crippen LogP contribution in [0.5, 0.6) is 0 Å². The smallest absolute Gasteiger partial charge is 0.338 e. The van der Waals surface area contributed by atoms with E-state index in [2.05, 4.69) is 5.32 Å². The number of benzene rings is 2. The molecule has 3 rings (SSSR count). The number of anilines is 1. The van der Waals surface area contributed by atoms with E-state index in [1.54, 1.807) is 19.1 Å². The Bertz CT molecular complexity index is 900. The molecule has 0 unspecified atom stereocenters. The molecule has 5 heteroatoms. The summed E-state index contributed by atoms with van der Waals surface area (Å²) in [5, 5.41) is 3.99. The molecule has 134 valence electrons. The number of ether oxygens (including phenoxy) is 1. The van der Waals surface area contributed by atoms with Gasteiger partial charge in [-0.1, -0.05) is 23.7 Å². The van der Waals surface area contributed by atoms with Gasteiger partial charge in [0.2, 0.25) is 0 Å². The van der Waals surface area contributed by atoms with Gasteiger partial charge in [0.05, 0.1) is 18.7 Å². The molecular formula is C21H20ClNO3. The van der Waals surface area contributed by atoms with Crippen LogP contribution in [0.25, 0.3) is 11.3 Å². The highest BCUT2D eigenvalue weighted by atomic mass is 35.5. The molecule has 1 heterocycles. The zero-order valence-corrected chi connectivity index (χ0v) is 15.5. The molecule has 0 aliphatic rings. The van der Waals surface area contributed by atoms with Crippen molar-refractivity contribution in [2.45, 2.75) is 20.4 Å². The topological polar surface area (TPSA) is 51.5 Å². The molecule has 0 atom stereocenters. The Morgan fingerprint density at radius 1 is 1.12 bits per heavy atom. The van der Waals surface area contributed by atoms with Crippen LogP contribution in [0.3, 0.4) is 0 Å². The quantitative estimate of drug-likeness (QED) is 0.566. The fourth-order valence-electron chi connectivity index (χ4n) is 2.50. The highest BCUT2D eigenvalue weighted by Crippen LogP contribution is 2.27. The average Bonchev–Trinajstić information content (AvgIpc) is 3.12. The minimum atomic E-state index is -0.313. The zero-order chi connectivity index (χ0) is 18.5. The molecule has 0 aliphatic heterocycles. The fourth-order valence-corrected chi connectivity index (χ4v) is 2.68. The van der Waals surface area contributed by atoms with Gasteiger partial charge in [-0.05, 0) is 61.9 Å². The minimum absolute atomic E-state index is 0.313. The minimum Gasteiger partial charge on any atom is -0.462 e. The lowest BCUT2D eigenvalue weighted by atomic mass is 10.1. The third kappa shape index (κ3) is 4.27. The van der Waals surface area contributed by atoms with Crippen LogP contribution >= 0.6 is 11.6 Å². The Balaban J connectivity index is 1.63. The predicted octanol–water partition coefficient (Wildman–Crippen LogP) is 5.70. The molecule has 4 nitrogen and oxygen atoms in total. The maximum atomic E-state index is 11.7. The summed E-state index contributed by atoms with van der Waals surface area (Å²) in [5.74, 6) is 1.28. The second kappa shape index (κ2) is 8.11. The summed E-state index contributed by atoms with van der Waals surface area (Å²) in [4.78, 5) is 11.7. The Hall–Kier alpha value is -2.72. The average molecular weight is 370 g/mol. The molecule has 1 aromatic heterocycles. The van der Waals surface area contributed by atoms with Crippen molar-refractivity contribution in [1.29, 1.82) is 0 Å². The van der Waals surface area contributed by atoms with E-state index in [4.69, 9.17) is 20.8 Å². The second-order valence-corrected chi connectivity index (χ2v) is 6.29. The molecule has 0 bridgehead atoms. The second-order valence-electron chi connectivity index (χ2n) is 5.88. The van der Waals surface area contributed by atoms with Crippen molar-refractivity contribution in [2.75, 3.05) is 11.9 Å². The van der Waals surface area contributed by atoms with E-state index in [1.165, 1.54) is 0 Å². The van der Waals surface area contributed by atoms with Crippen LogP contribution < -0.4 is 5.32 Å². The van der Waals surface area contributed by atoms with Crippen molar-refractivity contribution in [1.82, 2.24) is 0 Å². The van der Waals surface area contributed by atoms with Crippen LogP contribution in [0.15, 0.2) is 59.0 Å². The van der Waals surface area contributed by atoms with Gasteiger partial charge in [-0.3, -0.25) is 0 Å². The number of nitrogens with one attached hydrogen (secondary N) is 1. The first-order chi connectivity index (χ1) is 12.6. The largest absolute Gasteiger partial charge is 0.462 e. The van der Waals surface area contributed by atoms with Gasteiger partial charge >= 0.3 is 5.97 Å². The Morgan fingerprint density at radius 2 is 1.88 bits per heavy atom. The highest BCUT2D eigenvalue weighted by molar-refractivity contribution is 6.31. The van der Waals surface area contributed by atoms with Crippen molar-refractivity contribution in [3.63, 3.8) is 0 Å². The van der Waals surface area contributed by atoms with Crippen LogP contribution in [0.2, 0.25) is 5.02 Å². The van der Waals surface area contributed by atoms with Crippen LogP contribution in [-0.4, -0.2) is 12.6 Å². The van der Waals surface area contributed by atoms with Crippen LogP contribution in [0, 0.1) is 6.92 Å². The number of halogens is 1. The lowest BCUT2D eigenvalue weighted by molar-refractivity contribution is 0.0526. The Morgan fingerprint density at radius 3 is 2.58 bits per heavy atom. The van der Waals surface area contributed by atoms with Crippen LogP contribution in [0.1, 0.15) is 28.6 Å². The zero-order valence-electron chi connectivity index (χ0n) is 14.7. The first-order valence-electron chi connectivity index (χ1n) is 8.43. The van der Waals surface area contributed by atoms with Crippen molar-refractivity contribution in [2.24, 2.45) is 0 Å². The van der Waals surface area contributed by atoms with Gasteiger partial charge in [-0.2, -0.15) is 0 Å². The van der Waals surface area contributed by atoms with E-state index >= 15 is 0 Å². The summed E-state index contributed by atoms with van der Waals surface area (Å²) in [6.45, 7) is 4.66. The highest BCUT2D eigenvalue weighted by Gasteiger charge is 2.08. The molecule has 0 aliphatic carbocycles. The summed E-state index contributed by atoms with van der Waals surface area (Å²) in [5.41, 5.74) is 3.42. The van der Waals surface area contributed by atoms with Crippen molar-refractivity contribution < 1.29 is 13.9 Å². The fraction of sp³-hybridized carbons (Fsp3) is 0.190. The predicted molar refractivity (Wildman–Crippen MR) is 104 cm³/mol. The number of carbonyl (C=O) groups excluding carboxylic acids is 1. The van der Waals surface area contributed by atoms with Crippen molar-refractivity contribution in [3.05, 3.63) is 76.5 Å². The lowest BCUT2D eigenvalue weighted by Gasteiger charge is -2.06. The van der Waals surface area contributed by atoms with Gasteiger partial charge in [0.1, 0.15) is 11.5 Å². The number of esters is 1. The van der Waals surface area contributed by atoms with Crippen LogP contribution in [0.4, 0.5) is 5.69 Å². The number of rotatable bonds is 6. The van der Waals surface area contributed by atoms with E-state index in [-0.39, 0.29) is 5.97 Å². The van der Waals surface area contributed by atoms with Gasteiger partial charge < -0.3 is 14.5 Å². The molecule has 0 radical (unpaired) electrons. The Kier molecular flexibility index (Phi) is 5.64. The molecular weight excluding hydrogens is 350 g/mol. The van der Waals surface area contributed by atoms with Gasteiger partial charge in [0.15, 0.2) is 0 Å². The van der Waals surface area contributed by atoms with Crippen molar-refractivity contribution >= 4 is 23.3 Å². The maximum Gasteiger partial charge on any atom is 0.338 e. The summed E-state index contributed by atoms with van der Waals surface area (Å²) in [6.07, 6.45) is 0. The molecule has 1 N–H and O–H groups in total. The summed E-state index contributed by atoms with van der Waals surface area (Å²) in [7, 11) is 0. The summed E-state index contributed by atoms with van der Waals surface area (Å²) < 4.78 is 10.9. The van der Waals surface area contributed by atoms with Gasteiger partial charge in [-0.15, -0.1) is 0 Å². The Labute approximate surface area is 157 Å². The molecule has 0 saturated carbocycles. The molecule has 0 amide bonds. The standard InChI is InChI=1S/C21H20ClNO3/c1-3-25-21(24)15-6-8-17(9-7-15)23-13-18-10-11-20(26-18)16-5-4-14(2)19(22)12-16/h4-12,23H,3,13H2,1-2H3. The molecule has 0 saturated heterocycles. The number of carbonyl (C=O) groups is 1. The molecule has 26 heavy (non-hydrogen) atoms. The van der Waals surface area contributed by atoms with Gasteiger partial charge in [0.25, 0.3) is 0 Å². The first-order valence-corrected chi connectivity index (χ1v) is 8.81. The molecule has 2 aromatic carbocycles. The number of aryl methyl sites for hydroxylation is 1. The maximum absolute atomic E-state index is 11.7. The van der Waals surface area contributed by atoms with E-state index in [1.807, 2.05) is 49.4 Å². The van der Waals surface area contributed by atoms with E-state index in [0.29, 0.717) is 18.7 Å². The van der Waals surface area contributed by atoms with Gasteiger partial charge in [-0.25, -0.2) is 4.79 Å². The van der Waals surface area contributed by atoms with E-state index in [9.17, 15) is 4.79 Å². The third-order valence-corrected chi connectivity index (χ3v) is 4.39. The third-order valence-electron chi connectivity index (χ3n) is 3.98. The molecule has 3 aromatic rings. The molecule has 0 fully saturated rings. The first kappa shape index (κ1) is 18.1. The van der Waals surface area contributed by atoms with E-state index in [0.717, 1.165) is 33.4 Å². The number of hydrogen-bond donors (Lipinski definition) is 1. The SMILES string of the molecule is CCOC(=O)c1ccc(NCc2ccc(-c3ccc(C)c(Cl)c3)o2)cc1. The number of hydrogen-bond acceptors (Lipinski definition) is 4. The normalized spacial score (nSPS) is 10.6. The lowest BCUT2D eigenvalue weighted by Crippen LogP contribution is -2.05. The van der Waals surface area contributed by atoms with Gasteiger partial charge in [0, 0.05) is 16.3 Å². The monoisotopic (exact) mass is 369 g/mol. The van der Waals surface area contributed by atoms with Crippen molar-refractivity contribution in [3.8, 4) is 11.3 Å². The number of furan rings is 1. The van der Waals surface area contributed by atoms with Crippen LogP contribution in [-0.2, 0) is 11.3 Å². The summed E-state index contributed by atoms with van der Waals surface area (Å²) in [6, 6.07) is 16.9. The molecule has 0 spiro atoms. The summed E-state index contributed by atoms with van der Waals surface area (Å²) >= 11 is 6.18.